The zero-order chi connectivity index (χ0) is 24.0. The summed E-state index contributed by atoms with van der Waals surface area (Å²) in [6.45, 7) is 5.77. The zero-order valence-corrected chi connectivity index (χ0v) is 20.3. The summed E-state index contributed by atoms with van der Waals surface area (Å²) in [5.74, 6) is 0.172. The first-order chi connectivity index (χ1) is 15.7. The summed E-state index contributed by atoms with van der Waals surface area (Å²) >= 11 is 12.2. The summed E-state index contributed by atoms with van der Waals surface area (Å²) in [7, 11) is 0. The van der Waals surface area contributed by atoms with E-state index in [1.54, 1.807) is 44.2 Å². The first kappa shape index (κ1) is 24.7. The Kier molecular flexibility index (Phi) is 8.06. The van der Waals surface area contributed by atoms with Crippen molar-refractivity contribution in [2.45, 2.75) is 32.8 Å². The molecule has 0 aliphatic heterocycles. The molecule has 172 valence electrons. The highest BCUT2D eigenvalue weighted by Gasteiger charge is 2.33. The van der Waals surface area contributed by atoms with Gasteiger partial charge >= 0.3 is 5.97 Å². The molecule has 0 spiro atoms. The lowest BCUT2D eigenvalue weighted by atomic mass is 10.0. The third-order valence-electron chi connectivity index (χ3n) is 5.47. The van der Waals surface area contributed by atoms with Gasteiger partial charge in [-0.05, 0) is 91.1 Å². The first-order valence-electron chi connectivity index (χ1n) is 10.6. The van der Waals surface area contributed by atoms with Crippen molar-refractivity contribution in [3.63, 3.8) is 0 Å². The Hall–Kier alpha value is -2.95. The van der Waals surface area contributed by atoms with Crippen LogP contribution in [0.4, 0.5) is 0 Å². The van der Waals surface area contributed by atoms with Crippen molar-refractivity contribution in [1.29, 1.82) is 0 Å². The van der Waals surface area contributed by atoms with E-state index in [1.807, 2.05) is 37.3 Å². The zero-order valence-electron chi connectivity index (χ0n) is 18.8. The molecular weight excluding hydrogens is 459 g/mol. The number of carbonyl (C=O) groups is 1. The van der Waals surface area contributed by atoms with Gasteiger partial charge in [-0.15, -0.1) is 0 Å². The van der Waals surface area contributed by atoms with Gasteiger partial charge in [0.2, 0.25) is 5.60 Å². The number of rotatable bonds is 9. The monoisotopic (exact) mass is 484 g/mol. The quantitative estimate of drug-likeness (QED) is 0.336. The number of carboxylic acids is 1. The molecule has 0 bridgehead atoms. The fraction of sp³-hybridized carbons (Fsp3) is 0.222. The predicted molar refractivity (Wildman–Crippen MR) is 134 cm³/mol. The van der Waals surface area contributed by atoms with Crippen molar-refractivity contribution in [1.82, 2.24) is 0 Å². The number of hydrogen-bond donors (Lipinski definition) is 1. The molecule has 6 heteroatoms. The third kappa shape index (κ3) is 6.53. The maximum absolute atomic E-state index is 11.4. The van der Waals surface area contributed by atoms with E-state index in [-0.39, 0.29) is 0 Å². The van der Waals surface area contributed by atoms with Crippen molar-refractivity contribution in [3.05, 3.63) is 88.4 Å². The maximum atomic E-state index is 11.4. The van der Waals surface area contributed by atoms with Gasteiger partial charge in [0.05, 0.1) is 0 Å². The van der Waals surface area contributed by atoms with Crippen LogP contribution in [0.1, 0.15) is 32.8 Å². The number of halogens is 2. The predicted octanol–water partition coefficient (Wildman–Crippen LogP) is 7.77. The topological polar surface area (TPSA) is 55.8 Å². The van der Waals surface area contributed by atoms with Crippen LogP contribution in [-0.2, 0) is 4.79 Å². The Morgan fingerprint density at radius 2 is 1.52 bits per heavy atom. The molecule has 3 aromatic rings. The van der Waals surface area contributed by atoms with E-state index in [0.29, 0.717) is 34.6 Å². The summed E-state index contributed by atoms with van der Waals surface area (Å²) in [6, 6.07) is 20.6. The molecule has 33 heavy (non-hydrogen) atoms. The molecular formula is C27H26Cl2O4. The molecule has 0 amide bonds. The fourth-order valence-corrected chi connectivity index (χ4v) is 3.68. The van der Waals surface area contributed by atoms with E-state index >= 15 is 0 Å². The minimum absolute atomic E-state index is 0.360. The Morgan fingerprint density at radius 3 is 2.06 bits per heavy atom. The number of allylic oxidation sites excluding steroid dienone is 1. The average Bonchev–Trinajstić information content (AvgIpc) is 2.79. The lowest BCUT2D eigenvalue weighted by Gasteiger charge is -2.24. The average molecular weight is 485 g/mol. The van der Waals surface area contributed by atoms with Crippen LogP contribution in [0, 0.1) is 0 Å². The van der Waals surface area contributed by atoms with Crippen LogP contribution in [0.2, 0.25) is 10.0 Å². The lowest BCUT2D eigenvalue weighted by molar-refractivity contribution is -0.154. The summed E-state index contributed by atoms with van der Waals surface area (Å²) in [4.78, 5) is 11.4. The first-order valence-corrected chi connectivity index (χ1v) is 11.3. The largest absolute Gasteiger partial charge is 0.490 e. The smallest absolute Gasteiger partial charge is 0.347 e. The van der Waals surface area contributed by atoms with Crippen molar-refractivity contribution in [2.75, 3.05) is 6.61 Å². The maximum Gasteiger partial charge on any atom is 0.347 e. The molecule has 3 aromatic carbocycles. The van der Waals surface area contributed by atoms with Crippen LogP contribution < -0.4 is 9.47 Å². The number of carboxylic acid groups (broad SMARTS) is 1. The number of ether oxygens (including phenoxy) is 2. The van der Waals surface area contributed by atoms with Crippen molar-refractivity contribution >= 4 is 34.7 Å². The van der Waals surface area contributed by atoms with Gasteiger partial charge < -0.3 is 14.6 Å². The molecule has 1 N–H and O–H groups in total. The number of hydrogen-bond acceptors (Lipinski definition) is 3. The number of aliphatic carboxylic acids is 1. The van der Waals surface area contributed by atoms with Gasteiger partial charge in [-0.25, -0.2) is 4.79 Å². The van der Waals surface area contributed by atoms with E-state index in [1.165, 1.54) is 0 Å². The normalized spacial score (nSPS) is 13.3. The Labute approximate surface area is 204 Å². The molecule has 0 heterocycles. The highest BCUT2D eigenvalue weighted by atomic mass is 35.5. The Morgan fingerprint density at radius 1 is 0.939 bits per heavy atom. The van der Waals surface area contributed by atoms with Crippen LogP contribution in [-0.4, -0.2) is 23.3 Å². The van der Waals surface area contributed by atoms with Crippen LogP contribution >= 0.6 is 23.2 Å². The highest BCUT2D eigenvalue weighted by molar-refractivity contribution is 6.35. The molecule has 0 aliphatic rings. The minimum Gasteiger partial charge on any atom is -0.490 e. The third-order valence-corrected chi connectivity index (χ3v) is 5.91. The second-order valence-corrected chi connectivity index (χ2v) is 8.77. The van der Waals surface area contributed by atoms with Crippen molar-refractivity contribution in [2.24, 2.45) is 0 Å². The van der Waals surface area contributed by atoms with Gasteiger partial charge in [-0.3, -0.25) is 0 Å². The fourth-order valence-electron chi connectivity index (χ4n) is 3.16. The Balaban J connectivity index is 1.59. The van der Waals surface area contributed by atoms with Gasteiger partial charge in [-0.1, -0.05) is 54.4 Å². The van der Waals surface area contributed by atoms with Crippen molar-refractivity contribution in [3.8, 4) is 22.6 Å². The molecule has 0 saturated heterocycles. The van der Waals surface area contributed by atoms with Gasteiger partial charge in [-0.2, -0.15) is 0 Å². The van der Waals surface area contributed by atoms with Crippen LogP contribution in [0.3, 0.4) is 0 Å². The summed E-state index contributed by atoms with van der Waals surface area (Å²) in [5.41, 5.74) is 2.93. The van der Waals surface area contributed by atoms with Crippen molar-refractivity contribution < 1.29 is 19.4 Å². The highest BCUT2D eigenvalue weighted by Crippen LogP contribution is 2.28. The molecule has 0 fully saturated rings. The molecule has 0 radical (unpaired) electrons. The van der Waals surface area contributed by atoms with Crippen LogP contribution in [0.25, 0.3) is 16.7 Å². The minimum atomic E-state index is -1.25. The Bertz CT molecular complexity index is 1120. The van der Waals surface area contributed by atoms with Gasteiger partial charge in [0.25, 0.3) is 0 Å². The van der Waals surface area contributed by atoms with Gasteiger partial charge in [0, 0.05) is 10.0 Å². The second kappa shape index (κ2) is 10.8. The van der Waals surface area contributed by atoms with E-state index in [2.05, 4.69) is 12.1 Å². The lowest BCUT2D eigenvalue weighted by Crippen LogP contribution is -2.40. The summed E-state index contributed by atoms with van der Waals surface area (Å²) in [5, 5.41) is 10.6. The SMILES string of the molecule is CCC(C)(Oc1ccc(OC/C=C(\C)c2ccc(-c3cc(Cl)cc(Cl)c3)cc2)cc1)C(=O)O. The molecule has 1 unspecified atom stereocenters. The van der Waals surface area contributed by atoms with Gasteiger partial charge in [0.1, 0.15) is 18.1 Å². The molecule has 3 rings (SSSR count). The molecule has 0 aliphatic carbocycles. The van der Waals surface area contributed by atoms with Crippen LogP contribution in [0.15, 0.2) is 72.8 Å². The summed E-state index contributed by atoms with van der Waals surface area (Å²) in [6.07, 6.45) is 2.37. The van der Waals surface area contributed by atoms with E-state index in [4.69, 9.17) is 32.7 Å². The molecule has 0 saturated carbocycles. The number of benzene rings is 3. The van der Waals surface area contributed by atoms with E-state index in [0.717, 1.165) is 22.3 Å². The second-order valence-electron chi connectivity index (χ2n) is 7.90. The van der Waals surface area contributed by atoms with E-state index in [9.17, 15) is 9.90 Å². The molecule has 0 aromatic heterocycles. The summed E-state index contributed by atoms with van der Waals surface area (Å²) < 4.78 is 11.4. The van der Waals surface area contributed by atoms with Crippen LogP contribution in [0.5, 0.6) is 11.5 Å². The molecule has 4 nitrogen and oxygen atoms in total. The van der Waals surface area contributed by atoms with E-state index < -0.39 is 11.6 Å². The van der Waals surface area contributed by atoms with Gasteiger partial charge in [0.15, 0.2) is 0 Å². The molecule has 1 atom stereocenters. The standard InChI is InChI=1S/C27H26Cl2O4/c1-4-27(3,26(30)31)33-25-11-9-24(10-12-25)32-14-13-18(2)19-5-7-20(8-6-19)21-15-22(28)17-23(29)16-21/h5-13,15-17H,4,14H2,1-3H3,(H,30,31)/b18-13+.